The largest absolute Gasteiger partial charge is 0.352 e. The maximum Gasteiger partial charge on any atom is 0.222 e. The van der Waals surface area contributed by atoms with Crippen molar-refractivity contribution in [1.29, 1.82) is 0 Å². The second-order valence-corrected chi connectivity index (χ2v) is 6.59. The SMILES string of the molecule is CCCCC(=O)N1CCN(c2ccc(Nc3ccc(C)cn3)nn2)CC1. The Morgan fingerprint density at radius 2 is 1.85 bits per heavy atom. The molecule has 0 spiro atoms. The zero-order valence-electron chi connectivity index (χ0n) is 15.5. The van der Waals surface area contributed by atoms with Crippen molar-refractivity contribution >= 4 is 23.4 Å². The number of rotatable bonds is 6. The normalized spacial score (nSPS) is 14.4. The summed E-state index contributed by atoms with van der Waals surface area (Å²) >= 11 is 0. The number of amides is 1. The van der Waals surface area contributed by atoms with Crippen LogP contribution in [0.25, 0.3) is 0 Å². The van der Waals surface area contributed by atoms with E-state index in [4.69, 9.17) is 0 Å². The topological polar surface area (TPSA) is 74.2 Å². The number of hydrogen-bond acceptors (Lipinski definition) is 6. The molecule has 1 fully saturated rings. The minimum atomic E-state index is 0.266. The fourth-order valence-corrected chi connectivity index (χ4v) is 2.90. The fraction of sp³-hybridized carbons (Fsp3) is 0.474. The van der Waals surface area contributed by atoms with Gasteiger partial charge in [0.05, 0.1) is 0 Å². The molecule has 1 aliphatic rings. The highest BCUT2D eigenvalue weighted by Crippen LogP contribution is 2.17. The summed E-state index contributed by atoms with van der Waals surface area (Å²) in [4.78, 5) is 20.5. The van der Waals surface area contributed by atoms with Crippen LogP contribution in [0.1, 0.15) is 31.7 Å². The average molecular weight is 354 g/mol. The predicted molar refractivity (Wildman–Crippen MR) is 103 cm³/mol. The van der Waals surface area contributed by atoms with E-state index in [0.29, 0.717) is 12.2 Å². The molecule has 3 rings (SSSR count). The van der Waals surface area contributed by atoms with Gasteiger partial charge in [0.15, 0.2) is 11.6 Å². The van der Waals surface area contributed by atoms with E-state index in [-0.39, 0.29) is 5.91 Å². The number of carbonyl (C=O) groups excluding carboxylic acids is 1. The van der Waals surface area contributed by atoms with Crippen LogP contribution in [0.2, 0.25) is 0 Å². The lowest BCUT2D eigenvalue weighted by Gasteiger charge is -2.35. The summed E-state index contributed by atoms with van der Waals surface area (Å²) in [5.74, 6) is 2.52. The van der Waals surface area contributed by atoms with Gasteiger partial charge in [-0.25, -0.2) is 4.98 Å². The number of pyridine rings is 1. The molecule has 7 nitrogen and oxygen atoms in total. The van der Waals surface area contributed by atoms with Crippen LogP contribution in [-0.2, 0) is 4.79 Å². The van der Waals surface area contributed by atoms with Crippen molar-refractivity contribution in [2.75, 3.05) is 36.4 Å². The van der Waals surface area contributed by atoms with Gasteiger partial charge in [-0.2, -0.15) is 0 Å². The van der Waals surface area contributed by atoms with E-state index in [1.807, 2.05) is 42.3 Å². The molecule has 1 saturated heterocycles. The van der Waals surface area contributed by atoms with Gasteiger partial charge >= 0.3 is 0 Å². The summed E-state index contributed by atoms with van der Waals surface area (Å²) in [5.41, 5.74) is 1.12. The maximum absolute atomic E-state index is 12.1. The van der Waals surface area contributed by atoms with Gasteiger partial charge in [-0.15, -0.1) is 10.2 Å². The molecule has 138 valence electrons. The van der Waals surface area contributed by atoms with E-state index in [0.717, 1.165) is 56.2 Å². The molecule has 26 heavy (non-hydrogen) atoms. The molecule has 0 radical (unpaired) electrons. The molecule has 1 N–H and O–H groups in total. The molecular formula is C19H26N6O. The standard InChI is InChI=1S/C19H26N6O/c1-3-4-5-19(26)25-12-10-24(11-13-25)18-9-8-17(22-23-18)21-16-7-6-15(2)14-20-16/h6-9,14H,3-5,10-13H2,1-2H3,(H,20,21,22). The third kappa shape index (κ3) is 4.68. The smallest absolute Gasteiger partial charge is 0.222 e. The Morgan fingerprint density at radius 3 is 2.46 bits per heavy atom. The number of anilines is 3. The van der Waals surface area contributed by atoms with Crippen molar-refractivity contribution in [3.05, 3.63) is 36.0 Å². The number of aromatic nitrogens is 3. The lowest BCUT2D eigenvalue weighted by Crippen LogP contribution is -2.49. The van der Waals surface area contributed by atoms with E-state index in [2.05, 4.69) is 32.3 Å². The van der Waals surface area contributed by atoms with E-state index in [1.165, 1.54) is 0 Å². The first-order valence-corrected chi connectivity index (χ1v) is 9.22. The zero-order valence-corrected chi connectivity index (χ0v) is 15.5. The van der Waals surface area contributed by atoms with Gasteiger partial charge in [0.2, 0.25) is 5.91 Å². The van der Waals surface area contributed by atoms with Gasteiger partial charge in [0.25, 0.3) is 0 Å². The first kappa shape index (κ1) is 18.1. The predicted octanol–water partition coefficient (Wildman–Crippen LogP) is 2.76. The summed E-state index contributed by atoms with van der Waals surface area (Å²) in [6.45, 7) is 7.19. The molecule has 0 unspecified atom stereocenters. The van der Waals surface area contributed by atoms with Crippen LogP contribution in [0, 0.1) is 6.92 Å². The Balaban J connectivity index is 1.53. The minimum Gasteiger partial charge on any atom is -0.352 e. The minimum absolute atomic E-state index is 0.266. The fourth-order valence-electron chi connectivity index (χ4n) is 2.90. The summed E-state index contributed by atoms with van der Waals surface area (Å²) in [5, 5.41) is 11.7. The number of nitrogens with one attached hydrogen (secondary N) is 1. The van der Waals surface area contributed by atoms with Crippen molar-refractivity contribution < 1.29 is 4.79 Å². The molecule has 0 atom stereocenters. The lowest BCUT2D eigenvalue weighted by molar-refractivity contribution is -0.131. The van der Waals surface area contributed by atoms with Crippen LogP contribution < -0.4 is 10.2 Å². The van der Waals surface area contributed by atoms with Gasteiger partial charge in [0, 0.05) is 38.8 Å². The summed E-state index contributed by atoms with van der Waals surface area (Å²) in [6.07, 6.45) is 4.49. The van der Waals surface area contributed by atoms with Crippen molar-refractivity contribution in [1.82, 2.24) is 20.1 Å². The molecule has 1 amide bonds. The Morgan fingerprint density at radius 1 is 1.08 bits per heavy atom. The molecule has 2 aromatic heterocycles. The molecular weight excluding hydrogens is 328 g/mol. The van der Waals surface area contributed by atoms with Crippen molar-refractivity contribution in [2.45, 2.75) is 33.1 Å². The molecule has 0 aliphatic carbocycles. The van der Waals surface area contributed by atoms with Gasteiger partial charge in [-0.1, -0.05) is 19.4 Å². The van der Waals surface area contributed by atoms with Crippen LogP contribution in [0.4, 0.5) is 17.5 Å². The Hall–Kier alpha value is -2.70. The van der Waals surface area contributed by atoms with Gasteiger partial charge < -0.3 is 15.1 Å². The number of hydrogen-bond donors (Lipinski definition) is 1. The molecule has 0 aromatic carbocycles. The Labute approximate surface area is 154 Å². The quantitative estimate of drug-likeness (QED) is 0.860. The summed E-state index contributed by atoms with van der Waals surface area (Å²) in [6, 6.07) is 7.78. The second kappa shape index (κ2) is 8.60. The number of aryl methyl sites for hydroxylation is 1. The molecule has 1 aliphatic heterocycles. The highest BCUT2D eigenvalue weighted by Gasteiger charge is 2.21. The van der Waals surface area contributed by atoms with Crippen molar-refractivity contribution in [3.63, 3.8) is 0 Å². The van der Waals surface area contributed by atoms with Crippen LogP contribution >= 0.6 is 0 Å². The average Bonchev–Trinajstić information content (AvgIpc) is 2.68. The lowest BCUT2D eigenvalue weighted by atomic mass is 10.2. The molecule has 7 heteroatoms. The van der Waals surface area contributed by atoms with E-state index in [9.17, 15) is 4.79 Å². The number of unbranched alkanes of at least 4 members (excludes halogenated alkanes) is 1. The maximum atomic E-state index is 12.1. The monoisotopic (exact) mass is 354 g/mol. The molecule has 0 bridgehead atoms. The van der Waals surface area contributed by atoms with Crippen LogP contribution in [0.3, 0.4) is 0 Å². The number of carbonyl (C=O) groups is 1. The third-order valence-corrected chi connectivity index (χ3v) is 4.52. The van der Waals surface area contributed by atoms with Crippen molar-refractivity contribution in [2.24, 2.45) is 0 Å². The van der Waals surface area contributed by atoms with E-state index >= 15 is 0 Å². The molecule has 0 saturated carbocycles. The van der Waals surface area contributed by atoms with Crippen LogP contribution in [0.5, 0.6) is 0 Å². The summed E-state index contributed by atoms with van der Waals surface area (Å²) < 4.78 is 0. The van der Waals surface area contributed by atoms with Crippen LogP contribution in [0.15, 0.2) is 30.5 Å². The van der Waals surface area contributed by atoms with Crippen LogP contribution in [-0.4, -0.2) is 52.2 Å². The number of piperazine rings is 1. The van der Waals surface area contributed by atoms with E-state index in [1.54, 1.807) is 0 Å². The van der Waals surface area contributed by atoms with Gasteiger partial charge in [-0.05, 0) is 37.1 Å². The number of nitrogens with zero attached hydrogens (tertiary/aromatic N) is 5. The summed E-state index contributed by atoms with van der Waals surface area (Å²) in [7, 11) is 0. The second-order valence-electron chi connectivity index (χ2n) is 6.59. The first-order valence-electron chi connectivity index (χ1n) is 9.22. The Bertz CT molecular complexity index is 708. The molecule has 3 heterocycles. The molecule has 2 aromatic rings. The van der Waals surface area contributed by atoms with E-state index < -0.39 is 0 Å². The van der Waals surface area contributed by atoms with Gasteiger partial charge in [-0.3, -0.25) is 4.79 Å². The zero-order chi connectivity index (χ0) is 18.4. The highest BCUT2D eigenvalue weighted by atomic mass is 16.2. The van der Waals surface area contributed by atoms with Crippen molar-refractivity contribution in [3.8, 4) is 0 Å². The first-order chi connectivity index (χ1) is 12.7. The Kier molecular flexibility index (Phi) is 5.99. The third-order valence-electron chi connectivity index (χ3n) is 4.52. The highest BCUT2D eigenvalue weighted by molar-refractivity contribution is 5.76. The van der Waals surface area contributed by atoms with Gasteiger partial charge in [0.1, 0.15) is 5.82 Å².